The largest absolute Gasteiger partial charge is 0.368 e. The molecule has 9 heteroatoms. The number of likely N-dealkylation sites (N-methyl/N-ethyl adjacent to an activating group) is 1. The third-order valence-corrected chi connectivity index (χ3v) is 6.17. The number of guanidine groups is 1. The van der Waals surface area contributed by atoms with Gasteiger partial charge in [0.15, 0.2) is 5.96 Å². The molecular weight excluding hydrogens is 495 g/mol. The number of unbranched alkanes of at least 4 members (excludes halogenated alkanes) is 1. The lowest BCUT2D eigenvalue weighted by molar-refractivity contribution is -0.142. The molecule has 3 saturated heterocycles. The zero-order valence-corrected chi connectivity index (χ0v) is 21.2. The van der Waals surface area contributed by atoms with Gasteiger partial charge in [0.05, 0.1) is 0 Å². The number of ether oxygens (including phenoxy) is 1. The number of carbonyl (C=O) groups is 1. The Morgan fingerprint density at radius 1 is 1.03 bits per heavy atom. The minimum atomic E-state index is -0.205. The zero-order valence-electron chi connectivity index (χ0n) is 18.9. The van der Waals surface area contributed by atoms with Crippen LogP contribution in [0.4, 0.5) is 0 Å². The van der Waals surface area contributed by atoms with E-state index in [4.69, 9.17) is 9.73 Å². The van der Waals surface area contributed by atoms with Gasteiger partial charge < -0.3 is 29.7 Å². The van der Waals surface area contributed by atoms with Crippen molar-refractivity contribution in [1.29, 1.82) is 0 Å². The summed E-state index contributed by atoms with van der Waals surface area (Å²) < 4.78 is 5.56. The van der Waals surface area contributed by atoms with Gasteiger partial charge in [-0.2, -0.15) is 0 Å². The molecule has 3 heterocycles. The van der Waals surface area contributed by atoms with E-state index >= 15 is 0 Å². The molecule has 30 heavy (non-hydrogen) atoms. The highest BCUT2D eigenvalue weighted by molar-refractivity contribution is 14.0. The Labute approximate surface area is 199 Å². The molecule has 0 aliphatic carbocycles. The summed E-state index contributed by atoms with van der Waals surface area (Å²) in [6.07, 6.45) is 4.00. The van der Waals surface area contributed by atoms with E-state index in [0.29, 0.717) is 0 Å². The number of carbonyl (C=O) groups excluding carboxylic acids is 1. The Hall–Kier alpha value is -0.650. The maximum atomic E-state index is 12.5. The predicted octanol–water partition coefficient (Wildman–Crippen LogP) is 0.921. The summed E-state index contributed by atoms with van der Waals surface area (Å²) in [5.41, 5.74) is 0. The molecule has 1 N–H and O–H groups in total. The highest BCUT2D eigenvalue weighted by Gasteiger charge is 2.30. The summed E-state index contributed by atoms with van der Waals surface area (Å²) in [5, 5.41) is 3.43. The second-order valence-electron chi connectivity index (χ2n) is 8.40. The van der Waals surface area contributed by atoms with Gasteiger partial charge >= 0.3 is 0 Å². The van der Waals surface area contributed by atoms with Gasteiger partial charge in [-0.05, 0) is 46.2 Å². The summed E-state index contributed by atoms with van der Waals surface area (Å²) >= 11 is 0. The topological polar surface area (TPSA) is 63.7 Å². The number of nitrogens with one attached hydrogen (secondary N) is 1. The van der Waals surface area contributed by atoms with Crippen molar-refractivity contribution in [3.8, 4) is 0 Å². The minimum absolute atomic E-state index is 0. The Morgan fingerprint density at radius 3 is 2.37 bits per heavy atom. The number of nitrogens with zero attached hydrogens (tertiary/aromatic N) is 5. The Bertz CT molecular complexity index is 528. The van der Waals surface area contributed by atoms with E-state index in [1.165, 1.54) is 39.1 Å². The molecular formula is C21H41IN6O2. The molecule has 0 aromatic heterocycles. The first-order chi connectivity index (χ1) is 14.2. The molecule has 1 amide bonds. The molecule has 0 aromatic carbocycles. The van der Waals surface area contributed by atoms with Crippen molar-refractivity contribution in [3.05, 3.63) is 0 Å². The Balaban J connectivity index is 0.00000320. The highest BCUT2D eigenvalue weighted by Crippen LogP contribution is 2.16. The molecule has 3 aliphatic heterocycles. The second kappa shape index (κ2) is 13.7. The maximum absolute atomic E-state index is 12.5. The third-order valence-electron chi connectivity index (χ3n) is 6.17. The van der Waals surface area contributed by atoms with Gasteiger partial charge in [-0.15, -0.1) is 24.0 Å². The monoisotopic (exact) mass is 536 g/mol. The van der Waals surface area contributed by atoms with Gasteiger partial charge in [0.25, 0.3) is 5.91 Å². The number of rotatable bonds is 7. The Kier molecular flexibility index (Phi) is 11.7. The minimum Gasteiger partial charge on any atom is -0.368 e. The molecule has 0 saturated carbocycles. The van der Waals surface area contributed by atoms with E-state index in [0.717, 1.165) is 71.1 Å². The number of aliphatic imine (C=N–C) groups is 1. The molecule has 3 rings (SSSR count). The number of hydrogen-bond donors (Lipinski definition) is 1. The predicted molar refractivity (Wildman–Crippen MR) is 132 cm³/mol. The van der Waals surface area contributed by atoms with Crippen LogP contribution in [-0.4, -0.2) is 123 Å². The summed E-state index contributed by atoms with van der Waals surface area (Å²) in [5.74, 6) is 1.17. The van der Waals surface area contributed by atoms with Gasteiger partial charge in [-0.3, -0.25) is 9.79 Å². The molecule has 3 fully saturated rings. The third kappa shape index (κ3) is 7.80. The summed E-state index contributed by atoms with van der Waals surface area (Å²) in [6.45, 7) is 13.7. The average Bonchev–Trinajstić information content (AvgIpc) is 3.29. The number of amides is 1. The van der Waals surface area contributed by atoms with Gasteiger partial charge in [0.1, 0.15) is 6.10 Å². The second-order valence-corrected chi connectivity index (χ2v) is 8.40. The Morgan fingerprint density at radius 2 is 1.73 bits per heavy atom. The van der Waals surface area contributed by atoms with E-state index in [1.807, 2.05) is 4.90 Å². The zero-order chi connectivity index (χ0) is 20.5. The van der Waals surface area contributed by atoms with E-state index in [1.54, 1.807) is 0 Å². The van der Waals surface area contributed by atoms with Gasteiger partial charge in [0.2, 0.25) is 0 Å². The maximum Gasteiger partial charge on any atom is 0.251 e. The fraction of sp³-hybridized carbons (Fsp3) is 0.905. The van der Waals surface area contributed by atoms with Crippen LogP contribution in [0.25, 0.3) is 0 Å². The van der Waals surface area contributed by atoms with Crippen LogP contribution in [0.15, 0.2) is 4.99 Å². The van der Waals surface area contributed by atoms with Crippen LogP contribution in [0.2, 0.25) is 0 Å². The molecule has 8 nitrogen and oxygen atoms in total. The van der Waals surface area contributed by atoms with Gasteiger partial charge in [-0.25, -0.2) is 0 Å². The van der Waals surface area contributed by atoms with E-state index < -0.39 is 0 Å². The lowest BCUT2D eigenvalue weighted by Gasteiger charge is -2.37. The fourth-order valence-corrected chi connectivity index (χ4v) is 4.24. The SMILES string of the molecule is CCNC(=NCCCCN1CCN(C)CC1)N1CCN(C(=O)C2CCCO2)CC1.I. The van der Waals surface area contributed by atoms with Crippen LogP contribution in [0, 0.1) is 0 Å². The molecule has 1 unspecified atom stereocenters. The highest BCUT2D eigenvalue weighted by atomic mass is 127. The quantitative estimate of drug-likeness (QED) is 0.226. The lowest BCUT2D eigenvalue weighted by Crippen LogP contribution is -2.55. The van der Waals surface area contributed by atoms with Crippen LogP contribution < -0.4 is 5.32 Å². The van der Waals surface area contributed by atoms with Crippen LogP contribution >= 0.6 is 24.0 Å². The summed E-state index contributed by atoms with van der Waals surface area (Å²) in [7, 11) is 2.20. The number of halogens is 1. The molecule has 0 spiro atoms. The van der Waals surface area contributed by atoms with Crippen LogP contribution in [0.5, 0.6) is 0 Å². The van der Waals surface area contributed by atoms with E-state index in [9.17, 15) is 4.79 Å². The fourth-order valence-electron chi connectivity index (χ4n) is 4.24. The molecule has 0 bridgehead atoms. The van der Waals surface area contributed by atoms with Crippen molar-refractivity contribution in [2.45, 2.75) is 38.7 Å². The standard InChI is InChI=1S/C21H40N6O2.HI/c1-3-22-21(23-8-4-5-9-25-12-10-24(2)11-13-25)27-16-14-26(15-17-27)20(28)19-7-6-18-29-19;/h19H,3-18H2,1-2H3,(H,22,23);1H. The number of piperazine rings is 2. The first kappa shape index (κ1) is 25.6. The van der Waals surface area contributed by atoms with E-state index in [2.05, 4.69) is 34.0 Å². The van der Waals surface area contributed by atoms with Crippen LogP contribution in [0.1, 0.15) is 32.6 Å². The van der Waals surface area contributed by atoms with Crippen LogP contribution in [0.3, 0.4) is 0 Å². The van der Waals surface area contributed by atoms with Crippen molar-refractivity contribution in [1.82, 2.24) is 24.9 Å². The molecule has 1 atom stereocenters. The molecule has 0 aromatic rings. The first-order valence-electron chi connectivity index (χ1n) is 11.5. The smallest absolute Gasteiger partial charge is 0.251 e. The number of hydrogen-bond acceptors (Lipinski definition) is 5. The van der Waals surface area contributed by atoms with Gasteiger partial charge in [-0.1, -0.05) is 0 Å². The van der Waals surface area contributed by atoms with Crippen molar-refractivity contribution in [2.24, 2.45) is 4.99 Å². The van der Waals surface area contributed by atoms with Gasteiger partial charge in [0, 0.05) is 72.1 Å². The van der Waals surface area contributed by atoms with Crippen molar-refractivity contribution >= 4 is 35.8 Å². The summed E-state index contributed by atoms with van der Waals surface area (Å²) in [4.78, 5) is 26.6. The van der Waals surface area contributed by atoms with E-state index in [-0.39, 0.29) is 36.0 Å². The normalized spacial score (nSPS) is 24.1. The molecule has 3 aliphatic rings. The van der Waals surface area contributed by atoms with Crippen LogP contribution in [-0.2, 0) is 9.53 Å². The molecule has 174 valence electrons. The molecule has 0 radical (unpaired) electrons. The summed E-state index contributed by atoms with van der Waals surface area (Å²) in [6, 6.07) is 0. The van der Waals surface area contributed by atoms with Crippen molar-refractivity contribution < 1.29 is 9.53 Å². The van der Waals surface area contributed by atoms with Crippen molar-refractivity contribution in [2.75, 3.05) is 85.6 Å². The van der Waals surface area contributed by atoms with Crippen molar-refractivity contribution in [3.63, 3.8) is 0 Å². The average molecular weight is 537 g/mol. The first-order valence-corrected chi connectivity index (χ1v) is 11.5. The lowest BCUT2D eigenvalue weighted by atomic mass is 10.2.